The summed E-state index contributed by atoms with van der Waals surface area (Å²) < 4.78 is 5.15. The van der Waals surface area contributed by atoms with E-state index in [1.54, 1.807) is 0 Å². The molecule has 0 radical (unpaired) electrons. The van der Waals surface area contributed by atoms with Crippen molar-refractivity contribution in [3.05, 3.63) is 42.1 Å². The van der Waals surface area contributed by atoms with Gasteiger partial charge < -0.3 is 14.5 Å². The van der Waals surface area contributed by atoms with Gasteiger partial charge in [0.05, 0.1) is 0 Å². The van der Waals surface area contributed by atoms with Crippen LogP contribution in [0.15, 0.2) is 40.9 Å². The molecule has 0 atom stereocenters. The first kappa shape index (κ1) is 14.8. The van der Waals surface area contributed by atoms with E-state index in [-0.39, 0.29) is 5.69 Å². The Bertz CT molecular complexity index is 661. The van der Waals surface area contributed by atoms with Crippen LogP contribution in [0.1, 0.15) is 24.3 Å². The van der Waals surface area contributed by atoms with E-state index in [0.717, 1.165) is 10.5 Å². The van der Waals surface area contributed by atoms with Gasteiger partial charge in [0.1, 0.15) is 5.54 Å². The van der Waals surface area contributed by atoms with Gasteiger partial charge in [-0.3, -0.25) is 4.79 Å². The number of carbonyl (C=O) groups is 2. The lowest BCUT2D eigenvalue weighted by Crippen LogP contribution is -2.50. The fourth-order valence-electron chi connectivity index (χ4n) is 1.68. The van der Waals surface area contributed by atoms with Crippen LogP contribution in [0, 0.1) is 0 Å². The van der Waals surface area contributed by atoms with Crippen molar-refractivity contribution >= 4 is 11.9 Å². The maximum absolute atomic E-state index is 12.3. The third-order valence-corrected chi connectivity index (χ3v) is 3.45. The summed E-state index contributed by atoms with van der Waals surface area (Å²) >= 11 is 0. The van der Waals surface area contributed by atoms with Crippen LogP contribution in [0.2, 0.25) is 0 Å². The highest BCUT2D eigenvalue weighted by Crippen LogP contribution is 2.22. The molecule has 6 heteroatoms. The molecule has 0 fully saturated rings. The van der Waals surface area contributed by atoms with Crippen LogP contribution in [0.25, 0.3) is 11.3 Å². The average Bonchev–Trinajstić information content (AvgIpc) is 2.96. The molecule has 1 aromatic carbocycles. The van der Waals surface area contributed by atoms with Crippen LogP contribution >= 0.6 is 0 Å². The van der Waals surface area contributed by atoms with Gasteiger partial charge in [-0.2, -0.15) is 0 Å². The second kappa shape index (κ2) is 5.40. The highest BCUT2D eigenvalue weighted by atomic mass is 16.5. The van der Waals surface area contributed by atoms with Gasteiger partial charge in [0.15, 0.2) is 11.5 Å². The summed E-state index contributed by atoms with van der Waals surface area (Å²) in [6.07, 6.45) is 0. The monoisotopic (exact) mass is 288 g/mol. The Morgan fingerprint density at radius 3 is 2.43 bits per heavy atom. The summed E-state index contributed by atoms with van der Waals surface area (Å²) in [5.74, 6) is -1.14. The number of aliphatic carboxylic acids is 1. The van der Waals surface area contributed by atoms with Crippen molar-refractivity contribution in [3.8, 4) is 11.3 Å². The quantitative estimate of drug-likeness (QED) is 0.933. The standard InChI is InChI=1S/C15H16N2O4/c1-15(2,14(19)20)17(3)13(18)11-9-12(21-16-11)10-7-5-4-6-8-10/h4-9H,1-3H3,(H,19,20). The topological polar surface area (TPSA) is 83.6 Å². The lowest BCUT2D eigenvalue weighted by molar-refractivity contribution is -0.147. The average molecular weight is 288 g/mol. The third-order valence-electron chi connectivity index (χ3n) is 3.45. The molecule has 6 nitrogen and oxygen atoms in total. The van der Waals surface area contributed by atoms with Crippen molar-refractivity contribution in [1.29, 1.82) is 0 Å². The van der Waals surface area contributed by atoms with Gasteiger partial charge in [0, 0.05) is 18.7 Å². The third kappa shape index (κ3) is 2.79. The minimum absolute atomic E-state index is 0.0747. The van der Waals surface area contributed by atoms with Gasteiger partial charge >= 0.3 is 5.97 Å². The molecule has 0 saturated carbocycles. The Morgan fingerprint density at radius 2 is 1.86 bits per heavy atom. The van der Waals surface area contributed by atoms with Gasteiger partial charge in [0.25, 0.3) is 5.91 Å². The molecule has 0 aliphatic heterocycles. The van der Waals surface area contributed by atoms with Crippen molar-refractivity contribution in [3.63, 3.8) is 0 Å². The first-order chi connectivity index (χ1) is 9.84. The minimum Gasteiger partial charge on any atom is -0.480 e. The molecule has 0 unspecified atom stereocenters. The number of hydrogen-bond donors (Lipinski definition) is 1. The maximum Gasteiger partial charge on any atom is 0.329 e. The van der Waals surface area contributed by atoms with Gasteiger partial charge in [-0.25, -0.2) is 4.79 Å². The Kier molecular flexibility index (Phi) is 3.80. The van der Waals surface area contributed by atoms with Gasteiger partial charge in [-0.15, -0.1) is 0 Å². The number of hydrogen-bond acceptors (Lipinski definition) is 4. The molecule has 0 aliphatic rings. The van der Waals surface area contributed by atoms with Crippen molar-refractivity contribution in [2.45, 2.75) is 19.4 Å². The summed E-state index contributed by atoms with van der Waals surface area (Å²) in [6, 6.07) is 10.7. The molecule has 0 aliphatic carbocycles. The van der Waals surface area contributed by atoms with Crippen molar-refractivity contribution in [2.75, 3.05) is 7.05 Å². The minimum atomic E-state index is -1.33. The van der Waals surface area contributed by atoms with E-state index in [9.17, 15) is 9.59 Å². The van der Waals surface area contributed by atoms with E-state index < -0.39 is 17.4 Å². The zero-order valence-corrected chi connectivity index (χ0v) is 12.0. The second-order valence-corrected chi connectivity index (χ2v) is 5.17. The molecule has 2 aromatic rings. The Hall–Kier alpha value is -2.63. The number of aromatic nitrogens is 1. The van der Waals surface area contributed by atoms with E-state index in [1.165, 1.54) is 27.0 Å². The van der Waals surface area contributed by atoms with Crippen LogP contribution in [-0.2, 0) is 4.79 Å². The predicted molar refractivity (Wildman–Crippen MR) is 75.7 cm³/mol. The summed E-state index contributed by atoms with van der Waals surface area (Å²) in [5.41, 5.74) is -0.460. The largest absolute Gasteiger partial charge is 0.480 e. The number of nitrogens with zero attached hydrogens (tertiary/aromatic N) is 2. The number of carboxylic acids is 1. The van der Waals surface area contributed by atoms with E-state index in [1.807, 2.05) is 30.3 Å². The van der Waals surface area contributed by atoms with Crippen LogP contribution in [0.4, 0.5) is 0 Å². The van der Waals surface area contributed by atoms with Crippen molar-refractivity contribution in [2.24, 2.45) is 0 Å². The summed E-state index contributed by atoms with van der Waals surface area (Å²) in [7, 11) is 1.42. The SMILES string of the molecule is CN(C(=O)c1cc(-c2ccccc2)on1)C(C)(C)C(=O)O. The summed E-state index contributed by atoms with van der Waals surface area (Å²) in [6.45, 7) is 2.90. The van der Waals surface area contributed by atoms with Gasteiger partial charge in [0.2, 0.25) is 0 Å². The normalized spacial score (nSPS) is 11.2. The van der Waals surface area contributed by atoms with E-state index in [4.69, 9.17) is 9.63 Å². The first-order valence-corrected chi connectivity index (χ1v) is 6.37. The molecule has 0 bridgehead atoms. The number of benzene rings is 1. The molecule has 1 N–H and O–H groups in total. The molecule has 1 heterocycles. The summed E-state index contributed by atoms with van der Waals surface area (Å²) in [4.78, 5) is 24.6. The molecule has 110 valence electrons. The fourth-order valence-corrected chi connectivity index (χ4v) is 1.68. The Morgan fingerprint density at radius 1 is 1.24 bits per heavy atom. The van der Waals surface area contributed by atoms with Crippen LogP contribution < -0.4 is 0 Å². The molecular weight excluding hydrogens is 272 g/mol. The first-order valence-electron chi connectivity index (χ1n) is 6.37. The summed E-state index contributed by atoms with van der Waals surface area (Å²) in [5, 5.41) is 12.9. The smallest absolute Gasteiger partial charge is 0.329 e. The molecule has 2 rings (SSSR count). The lowest BCUT2D eigenvalue weighted by atomic mass is 10.0. The molecule has 0 saturated heterocycles. The highest BCUT2D eigenvalue weighted by Gasteiger charge is 2.36. The van der Waals surface area contributed by atoms with E-state index in [0.29, 0.717) is 5.76 Å². The number of carboxylic acid groups (broad SMARTS) is 1. The van der Waals surface area contributed by atoms with Gasteiger partial charge in [-0.1, -0.05) is 35.5 Å². The van der Waals surface area contributed by atoms with Crippen molar-refractivity contribution in [1.82, 2.24) is 10.1 Å². The lowest BCUT2D eigenvalue weighted by Gasteiger charge is -2.30. The maximum atomic E-state index is 12.3. The Balaban J connectivity index is 2.26. The number of amides is 1. The van der Waals surface area contributed by atoms with Crippen LogP contribution in [0.5, 0.6) is 0 Å². The molecular formula is C15H16N2O4. The molecule has 1 aromatic heterocycles. The predicted octanol–water partition coefficient (Wildman–Crippen LogP) is 2.28. The molecule has 21 heavy (non-hydrogen) atoms. The van der Waals surface area contributed by atoms with Crippen LogP contribution in [0.3, 0.4) is 0 Å². The Labute approximate surface area is 122 Å². The van der Waals surface area contributed by atoms with Crippen LogP contribution in [-0.4, -0.2) is 39.6 Å². The molecule has 0 spiro atoms. The van der Waals surface area contributed by atoms with E-state index in [2.05, 4.69) is 5.16 Å². The highest BCUT2D eigenvalue weighted by molar-refractivity contribution is 5.96. The number of carbonyl (C=O) groups excluding carboxylic acids is 1. The second-order valence-electron chi connectivity index (χ2n) is 5.17. The fraction of sp³-hybridized carbons (Fsp3) is 0.267. The van der Waals surface area contributed by atoms with Crippen molar-refractivity contribution < 1.29 is 19.2 Å². The number of rotatable bonds is 4. The van der Waals surface area contributed by atoms with Gasteiger partial charge in [-0.05, 0) is 13.8 Å². The van der Waals surface area contributed by atoms with E-state index >= 15 is 0 Å². The molecule has 1 amide bonds. The number of likely N-dealkylation sites (N-methyl/N-ethyl adjacent to an activating group) is 1. The zero-order valence-electron chi connectivity index (χ0n) is 12.0. The zero-order chi connectivity index (χ0) is 15.6.